The molecule has 0 unspecified atom stereocenters. The van der Waals surface area contributed by atoms with E-state index in [9.17, 15) is 4.79 Å². The van der Waals surface area contributed by atoms with Gasteiger partial charge in [0.2, 0.25) is 5.88 Å². The number of rotatable bonds is 4. The van der Waals surface area contributed by atoms with Gasteiger partial charge >= 0.3 is 5.97 Å². The third-order valence-corrected chi connectivity index (χ3v) is 2.23. The maximum atomic E-state index is 11.0. The molecular weight excluding hydrogens is 234 g/mol. The Labute approximate surface area is 103 Å². The second-order valence-electron chi connectivity index (χ2n) is 3.36. The van der Waals surface area contributed by atoms with Crippen molar-refractivity contribution in [3.63, 3.8) is 0 Å². The van der Waals surface area contributed by atoms with Crippen molar-refractivity contribution in [2.24, 2.45) is 0 Å². The normalized spacial score (nSPS) is 9.72. The summed E-state index contributed by atoms with van der Waals surface area (Å²) in [7, 11) is 0. The van der Waals surface area contributed by atoms with E-state index in [0.29, 0.717) is 5.69 Å². The molecule has 0 saturated heterocycles. The number of ether oxygens (including phenoxy) is 1. The van der Waals surface area contributed by atoms with Crippen molar-refractivity contribution in [1.82, 2.24) is 9.78 Å². The topological polar surface area (TPSA) is 88.1 Å². The smallest absolute Gasteiger partial charge is 0.342 e. The van der Waals surface area contributed by atoms with Crippen molar-refractivity contribution in [3.05, 3.63) is 42.1 Å². The van der Waals surface area contributed by atoms with Crippen LogP contribution in [0.15, 0.2) is 36.5 Å². The van der Waals surface area contributed by atoms with Gasteiger partial charge in [-0.15, -0.1) is 0 Å². The van der Waals surface area contributed by atoms with Gasteiger partial charge in [0.1, 0.15) is 11.6 Å². The number of carbonyl (C=O) groups is 1. The first-order chi connectivity index (χ1) is 8.74. The molecule has 6 heteroatoms. The number of hydrogen-bond acceptors (Lipinski definition) is 4. The molecule has 2 rings (SSSR count). The molecule has 6 nitrogen and oxygen atoms in total. The lowest BCUT2D eigenvalue weighted by Crippen LogP contribution is -2.06. The highest BCUT2D eigenvalue weighted by Crippen LogP contribution is 2.22. The number of aromatic carboxylic acids is 1. The average Bonchev–Trinajstić information content (AvgIpc) is 2.81. The number of carboxylic acid groups (broad SMARTS) is 1. The molecule has 1 N–H and O–H groups in total. The van der Waals surface area contributed by atoms with Crippen LogP contribution in [0.4, 0.5) is 0 Å². The first-order valence-corrected chi connectivity index (χ1v) is 5.10. The molecule has 2 aromatic rings. The Bertz CT molecular complexity index is 599. The SMILES string of the molecule is N#CCOc1c(C(=O)O)cnn1-c1ccccc1. The number of para-hydroxylation sites is 1. The monoisotopic (exact) mass is 243 g/mol. The average molecular weight is 243 g/mol. The van der Waals surface area contributed by atoms with E-state index in [2.05, 4.69) is 5.10 Å². The minimum Gasteiger partial charge on any atom is -0.477 e. The van der Waals surface area contributed by atoms with Crippen molar-refractivity contribution in [1.29, 1.82) is 5.26 Å². The van der Waals surface area contributed by atoms with Gasteiger partial charge in [-0.25, -0.2) is 9.48 Å². The number of carboxylic acids is 1. The van der Waals surface area contributed by atoms with Crippen molar-refractivity contribution in [2.45, 2.75) is 0 Å². The third-order valence-electron chi connectivity index (χ3n) is 2.23. The lowest BCUT2D eigenvalue weighted by Gasteiger charge is -2.07. The van der Waals surface area contributed by atoms with Crippen LogP contribution in [0.25, 0.3) is 5.69 Å². The summed E-state index contributed by atoms with van der Waals surface area (Å²) in [6.07, 6.45) is 1.20. The second kappa shape index (κ2) is 5.01. The van der Waals surface area contributed by atoms with E-state index in [4.69, 9.17) is 15.1 Å². The minimum atomic E-state index is -1.15. The summed E-state index contributed by atoms with van der Waals surface area (Å²) in [4.78, 5) is 11.0. The number of benzene rings is 1. The van der Waals surface area contributed by atoms with Crippen LogP contribution in [0.2, 0.25) is 0 Å². The number of aromatic nitrogens is 2. The third kappa shape index (κ3) is 2.15. The Kier molecular flexibility index (Phi) is 3.25. The van der Waals surface area contributed by atoms with Gasteiger partial charge in [-0.3, -0.25) is 0 Å². The Morgan fingerprint density at radius 2 is 2.17 bits per heavy atom. The van der Waals surface area contributed by atoms with Crippen molar-refractivity contribution in [2.75, 3.05) is 6.61 Å². The highest BCUT2D eigenvalue weighted by atomic mass is 16.5. The molecule has 90 valence electrons. The molecule has 0 fully saturated rings. The molecule has 0 spiro atoms. The standard InChI is InChI=1S/C12H9N3O3/c13-6-7-18-11-10(12(16)17)8-14-15(11)9-4-2-1-3-5-9/h1-5,8H,7H2,(H,16,17). The molecule has 18 heavy (non-hydrogen) atoms. The highest BCUT2D eigenvalue weighted by Gasteiger charge is 2.19. The zero-order valence-corrected chi connectivity index (χ0v) is 9.28. The Balaban J connectivity index is 2.48. The van der Waals surface area contributed by atoms with E-state index in [1.807, 2.05) is 6.07 Å². The molecule has 0 amide bonds. The molecule has 0 aliphatic carbocycles. The maximum absolute atomic E-state index is 11.0. The quantitative estimate of drug-likeness (QED) is 0.878. The van der Waals surface area contributed by atoms with E-state index in [1.165, 1.54) is 10.9 Å². The Morgan fingerprint density at radius 3 is 2.78 bits per heavy atom. The Morgan fingerprint density at radius 1 is 1.44 bits per heavy atom. The molecule has 0 atom stereocenters. The molecule has 1 heterocycles. The van der Waals surface area contributed by atoms with E-state index in [0.717, 1.165) is 0 Å². The molecule has 0 bridgehead atoms. The molecule has 0 radical (unpaired) electrons. The van der Waals surface area contributed by atoms with E-state index < -0.39 is 5.97 Å². The lowest BCUT2D eigenvalue weighted by molar-refractivity contribution is 0.0692. The summed E-state index contributed by atoms with van der Waals surface area (Å²) >= 11 is 0. The molecule has 0 aliphatic rings. The summed E-state index contributed by atoms with van der Waals surface area (Å²) in [5.74, 6) is -1.10. The van der Waals surface area contributed by atoms with Crippen LogP contribution >= 0.6 is 0 Å². The van der Waals surface area contributed by atoms with Gasteiger partial charge in [-0.1, -0.05) is 18.2 Å². The molecule has 1 aromatic heterocycles. The second-order valence-corrected chi connectivity index (χ2v) is 3.36. The summed E-state index contributed by atoms with van der Waals surface area (Å²) in [6, 6.07) is 10.7. The van der Waals surface area contributed by atoms with Gasteiger partial charge in [0.05, 0.1) is 11.9 Å². The van der Waals surface area contributed by atoms with Crippen LogP contribution in [0.1, 0.15) is 10.4 Å². The summed E-state index contributed by atoms with van der Waals surface area (Å²) in [5.41, 5.74) is 0.590. The van der Waals surface area contributed by atoms with E-state index >= 15 is 0 Å². The van der Waals surface area contributed by atoms with Gasteiger partial charge in [0.15, 0.2) is 6.61 Å². The van der Waals surface area contributed by atoms with E-state index in [1.54, 1.807) is 30.3 Å². The first kappa shape index (κ1) is 11.7. The van der Waals surface area contributed by atoms with E-state index in [-0.39, 0.29) is 18.1 Å². The fourth-order valence-electron chi connectivity index (χ4n) is 1.48. The fourth-order valence-corrected chi connectivity index (χ4v) is 1.48. The van der Waals surface area contributed by atoms with Crippen molar-refractivity contribution in [3.8, 4) is 17.6 Å². The number of nitriles is 1. The van der Waals surface area contributed by atoms with Crippen LogP contribution in [0.3, 0.4) is 0 Å². The molecule has 0 aliphatic heterocycles. The maximum Gasteiger partial charge on any atom is 0.342 e. The number of hydrogen-bond donors (Lipinski definition) is 1. The van der Waals surface area contributed by atoms with Crippen LogP contribution < -0.4 is 4.74 Å². The van der Waals surface area contributed by atoms with Crippen LogP contribution in [-0.4, -0.2) is 27.5 Å². The van der Waals surface area contributed by atoms with Gasteiger partial charge < -0.3 is 9.84 Å². The predicted molar refractivity (Wildman–Crippen MR) is 61.6 cm³/mol. The van der Waals surface area contributed by atoms with Gasteiger partial charge in [0, 0.05) is 0 Å². The zero-order valence-electron chi connectivity index (χ0n) is 9.28. The van der Waals surface area contributed by atoms with Gasteiger partial charge in [-0.2, -0.15) is 10.4 Å². The zero-order chi connectivity index (χ0) is 13.0. The molecule has 1 aromatic carbocycles. The lowest BCUT2D eigenvalue weighted by atomic mass is 10.3. The molecular formula is C12H9N3O3. The minimum absolute atomic E-state index is 0.0512. The summed E-state index contributed by atoms with van der Waals surface area (Å²) in [6.45, 7) is -0.237. The van der Waals surface area contributed by atoms with Crippen LogP contribution in [-0.2, 0) is 0 Å². The van der Waals surface area contributed by atoms with Gasteiger partial charge in [-0.05, 0) is 12.1 Å². The van der Waals surface area contributed by atoms with Crippen molar-refractivity contribution >= 4 is 5.97 Å². The summed E-state index contributed by atoms with van der Waals surface area (Å²) < 4.78 is 6.48. The number of nitrogens with zero attached hydrogens (tertiary/aromatic N) is 3. The van der Waals surface area contributed by atoms with Crippen LogP contribution in [0.5, 0.6) is 5.88 Å². The first-order valence-electron chi connectivity index (χ1n) is 5.10. The molecule has 0 saturated carbocycles. The van der Waals surface area contributed by atoms with Gasteiger partial charge in [0.25, 0.3) is 0 Å². The largest absolute Gasteiger partial charge is 0.477 e. The predicted octanol–water partition coefficient (Wildman–Crippen LogP) is 1.47. The van der Waals surface area contributed by atoms with Crippen LogP contribution in [0, 0.1) is 11.3 Å². The fraction of sp³-hybridized carbons (Fsp3) is 0.0833. The Hall–Kier alpha value is -2.81. The van der Waals surface area contributed by atoms with Crippen molar-refractivity contribution < 1.29 is 14.6 Å². The highest BCUT2D eigenvalue weighted by molar-refractivity contribution is 5.90. The summed E-state index contributed by atoms with van der Waals surface area (Å²) in [5, 5.41) is 21.5.